The van der Waals surface area contributed by atoms with Gasteiger partial charge in [0.05, 0.1) is 71.7 Å². The van der Waals surface area contributed by atoms with E-state index in [9.17, 15) is 9.59 Å². The molecule has 2 aliphatic heterocycles. The molecule has 49 heavy (non-hydrogen) atoms. The molecule has 4 bridgehead atoms. The van der Waals surface area contributed by atoms with Gasteiger partial charge in [-0.3, -0.25) is 9.59 Å². The van der Waals surface area contributed by atoms with Gasteiger partial charge >= 0.3 is 0 Å². The van der Waals surface area contributed by atoms with Gasteiger partial charge < -0.3 is 47.4 Å². The van der Waals surface area contributed by atoms with Crippen molar-refractivity contribution in [3.05, 3.63) is 41.0 Å². The quantitative estimate of drug-likeness (QED) is 0.128. The summed E-state index contributed by atoms with van der Waals surface area (Å²) < 4.78 is 58.3. The van der Waals surface area contributed by atoms with E-state index in [1.54, 1.807) is 26.4 Å². The molecule has 1 spiro atoms. The third-order valence-corrected chi connectivity index (χ3v) is 9.53. The van der Waals surface area contributed by atoms with E-state index in [4.69, 9.17) is 47.4 Å². The van der Waals surface area contributed by atoms with Crippen LogP contribution in [0.15, 0.2) is 35.4 Å². The van der Waals surface area contributed by atoms with Crippen molar-refractivity contribution < 1.29 is 57.0 Å². The highest BCUT2D eigenvalue weighted by atomic mass is 16.6. The predicted octanol–water partition coefficient (Wildman–Crippen LogP) is 4.17. The molecule has 0 aromatic heterocycles. The van der Waals surface area contributed by atoms with Crippen molar-refractivity contribution in [3.8, 4) is 17.2 Å². The van der Waals surface area contributed by atoms with Gasteiger partial charge in [0.1, 0.15) is 36.0 Å². The summed E-state index contributed by atoms with van der Waals surface area (Å²) in [5.74, 6) is 0.146. The van der Waals surface area contributed by atoms with Crippen molar-refractivity contribution in [2.45, 2.75) is 57.3 Å². The highest BCUT2D eigenvalue weighted by molar-refractivity contribution is 6.18. The van der Waals surface area contributed by atoms with Gasteiger partial charge in [-0.25, -0.2) is 0 Å². The number of carbonyl (C=O) groups is 2. The van der Waals surface area contributed by atoms with E-state index >= 15 is 0 Å². The molecule has 4 atom stereocenters. The van der Waals surface area contributed by atoms with E-state index in [1.165, 1.54) is 0 Å². The van der Waals surface area contributed by atoms with Gasteiger partial charge in [0, 0.05) is 50.2 Å². The highest BCUT2D eigenvalue weighted by Crippen LogP contribution is 2.67. The number of benzene rings is 1. The average molecular weight is 689 g/mol. The Balaban J connectivity index is 1.38. The Hall–Kier alpha value is -2.84. The second-order valence-corrected chi connectivity index (χ2v) is 13.5. The lowest BCUT2D eigenvalue weighted by Gasteiger charge is -2.56. The molecule has 2 heterocycles. The number of Topliss-reactive ketones (excluding diaryl/α,β-unsaturated/α-hetero) is 2. The molecule has 3 aliphatic carbocycles. The van der Waals surface area contributed by atoms with Gasteiger partial charge in [0.25, 0.3) is 0 Å². The Kier molecular flexibility index (Phi) is 12.6. The Morgan fingerprint density at radius 2 is 1.39 bits per heavy atom. The third-order valence-electron chi connectivity index (χ3n) is 9.53. The van der Waals surface area contributed by atoms with Crippen molar-refractivity contribution in [2.24, 2.45) is 11.8 Å². The van der Waals surface area contributed by atoms with Gasteiger partial charge in [-0.2, -0.15) is 0 Å². The minimum atomic E-state index is -1.34. The van der Waals surface area contributed by atoms with Crippen LogP contribution in [0, 0.1) is 11.8 Å². The van der Waals surface area contributed by atoms with Crippen molar-refractivity contribution in [2.75, 3.05) is 93.5 Å². The summed E-state index contributed by atoms with van der Waals surface area (Å²) in [4.78, 5) is 28.8. The number of hydrogen-bond donors (Lipinski definition) is 0. The summed E-state index contributed by atoms with van der Waals surface area (Å²) >= 11 is 0. The summed E-state index contributed by atoms with van der Waals surface area (Å²) in [6.07, 6.45) is 4.68. The summed E-state index contributed by atoms with van der Waals surface area (Å²) in [5, 5.41) is 0. The number of hydrogen-bond acceptors (Lipinski definition) is 12. The lowest BCUT2D eigenvalue weighted by molar-refractivity contribution is -0.171. The molecular formula is C37H52O12. The number of allylic oxidation sites excluding steroid dienone is 2. The van der Waals surface area contributed by atoms with Crippen molar-refractivity contribution in [1.82, 2.24) is 0 Å². The van der Waals surface area contributed by atoms with E-state index in [0.29, 0.717) is 101 Å². The highest BCUT2D eigenvalue weighted by Gasteiger charge is 2.81. The monoisotopic (exact) mass is 688 g/mol. The molecule has 0 radical (unpaired) electrons. The number of fused-ring (bicyclic) bond motifs is 1. The van der Waals surface area contributed by atoms with Gasteiger partial charge in [-0.15, -0.1) is 0 Å². The maximum absolute atomic E-state index is 14.6. The van der Waals surface area contributed by atoms with E-state index in [-0.39, 0.29) is 37.3 Å². The fourth-order valence-corrected chi connectivity index (χ4v) is 7.41. The minimum absolute atomic E-state index is 0.0394. The molecule has 1 saturated carbocycles. The van der Waals surface area contributed by atoms with Crippen LogP contribution in [0.1, 0.15) is 50.9 Å². The van der Waals surface area contributed by atoms with Crippen LogP contribution in [0.25, 0.3) is 0 Å². The first-order valence-corrected chi connectivity index (χ1v) is 17.2. The van der Waals surface area contributed by atoms with Gasteiger partial charge in [-0.05, 0) is 34.1 Å². The normalized spacial score (nSPS) is 25.8. The molecule has 5 aliphatic rings. The fraction of sp³-hybridized carbons (Fsp3) is 0.676. The van der Waals surface area contributed by atoms with Crippen LogP contribution in [0.4, 0.5) is 0 Å². The topological polar surface area (TPSA) is 126 Å². The zero-order chi connectivity index (χ0) is 35.1. The fourth-order valence-electron chi connectivity index (χ4n) is 7.41. The minimum Gasteiger partial charge on any atom is -0.491 e. The van der Waals surface area contributed by atoms with Crippen molar-refractivity contribution >= 4 is 11.6 Å². The third kappa shape index (κ3) is 7.61. The van der Waals surface area contributed by atoms with Crippen LogP contribution in [-0.4, -0.2) is 122 Å². The SMILES string of the molecule is COCCOCCOCCOc1cc(OCCOCCOCCOC)c2c(c1)OC13C(=CC4CC1C(C)(C)OC3(CC=C(C)C)C4=O)C2=O. The summed E-state index contributed by atoms with van der Waals surface area (Å²) in [5.41, 5.74) is -1.51. The standard InChI is InChI=1S/C37H52O12/c1-25(2)7-8-36-34(39)26-21-28-33(38)32-29(47-20-18-45-16-14-43-12-10-41-6)23-27(46-19-17-44-15-13-42-11-9-40-5)24-30(32)48-37(28,36)31(22-26)35(3,4)49-36/h7,21,23-24,26,31H,8-20,22H2,1-6H3. The molecule has 1 saturated heterocycles. The Morgan fingerprint density at radius 3 is 1.98 bits per heavy atom. The molecule has 12 nitrogen and oxygen atoms in total. The molecule has 2 fully saturated rings. The van der Waals surface area contributed by atoms with Crippen LogP contribution in [-0.2, 0) is 38.0 Å². The van der Waals surface area contributed by atoms with Crippen molar-refractivity contribution in [3.63, 3.8) is 0 Å². The zero-order valence-corrected chi connectivity index (χ0v) is 29.8. The maximum atomic E-state index is 14.6. The number of carbonyl (C=O) groups excluding carboxylic acids is 2. The molecular weight excluding hydrogens is 636 g/mol. The molecule has 1 aromatic carbocycles. The molecule has 6 rings (SSSR count). The van der Waals surface area contributed by atoms with Gasteiger partial charge in [0.2, 0.25) is 0 Å². The van der Waals surface area contributed by atoms with E-state index in [1.807, 2.05) is 39.8 Å². The van der Waals surface area contributed by atoms with E-state index < -0.39 is 22.7 Å². The Bertz CT molecular complexity index is 1380. The number of ketones is 2. The molecule has 272 valence electrons. The zero-order valence-electron chi connectivity index (χ0n) is 29.8. The van der Waals surface area contributed by atoms with Crippen LogP contribution < -0.4 is 14.2 Å². The smallest absolute Gasteiger partial charge is 0.200 e. The summed E-state index contributed by atoms with van der Waals surface area (Å²) in [7, 11) is 3.25. The largest absolute Gasteiger partial charge is 0.491 e. The first kappa shape index (κ1) is 37.4. The lowest BCUT2D eigenvalue weighted by Crippen LogP contribution is -2.72. The second-order valence-electron chi connectivity index (χ2n) is 13.5. The molecule has 1 aromatic rings. The molecule has 0 N–H and O–H groups in total. The first-order chi connectivity index (χ1) is 23.6. The maximum Gasteiger partial charge on any atom is 0.200 e. The molecule has 0 amide bonds. The lowest BCUT2D eigenvalue weighted by atomic mass is 9.51. The number of rotatable bonds is 22. The van der Waals surface area contributed by atoms with Crippen LogP contribution in [0.5, 0.6) is 17.2 Å². The van der Waals surface area contributed by atoms with Gasteiger partial charge in [-0.1, -0.05) is 17.7 Å². The number of ether oxygens (including phenoxy) is 10. The van der Waals surface area contributed by atoms with E-state index in [0.717, 1.165) is 5.57 Å². The summed E-state index contributed by atoms with van der Waals surface area (Å²) in [6.45, 7) is 12.7. The molecule has 12 heteroatoms. The van der Waals surface area contributed by atoms with Gasteiger partial charge in [0.15, 0.2) is 22.8 Å². The van der Waals surface area contributed by atoms with E-state index in [2.05, 4.69) is 0 Å². The summed E-state index contributed by atoms with van der Waals surface area (Å²) in [6, 6.07) is 3.40. The van der Waals surface area contributed by atoms with Crippen LogP contribution in [0.2, 0.25) is 0 Å². The van der Waals surface area contributed by atoms with Crippen LogP contribution in [0.3, 0.4) is 0 Å². The Labute approximate surface area is 289 Å². The average Bonchev–Trinajstić information content (AvgIpc) is 3.22. The molecule has 4 unspecified atom stereocenters. The van der Waals surface area contributed by atoms with Crippen molar-refractivity contribution in [1.29, 1.82) is 0 Å². The second kappa shape index (κ2) is 16.5. The number of methoxy groups -OCH3 is 2. The van der Waals surface area contributed by atoms with Crippen LogP contribution >= 0.6 is 0 Å². The first-order valence-electron chi connectivity index (χ1n) is 17.2. The predicted molar refractivity (Wildman–Crippen MR) is 179 cm³/mol. The Morgan fingerprint density at radius 1 is 0.816 bits per heavy atom.